The van der Waals surface area contributed by atoms with Crippen molar-refractivity contribution in [2.24, 2.45) is 0 Å². The third-order valence-electron chi connectivity index (χ3n) is 3.94. The van der Waals surface area contributed by atoms with Crippen LogP contribution < -0.4 is 9.46 Å². The maximum absolute atomic E-state index is 12.4. The molecule has 0 aliphatic rings. The summed E-state index contributed by atoms with van der Waals surface area (Å²) in [5, 5.41) is 0. The SMILES string of the molecule is COc1ccccc1CCC(=O)O[C@@H](C)C(=O)c1ccc(NS(C)(=O)=O)cc1. The Morgan fingerprint density at radius 3 is 2.32 bits per heavy atom. The van der Waals surface area contributed by atoms with Crippen molar-refractivity contribution in [3.8, 4) is 5.75 Å². The smallest absolute Gasteiger partial charge is 0.306 e. The first kappa shape index (κ1) is 21.4. The summed E-state index contributed by atoms with van der Waals surface area (Å²) < 4.78 is 35.2. The number of benzene rings is 2. The summed E-state index contributed by atoms with van der Waals surface area (Å²) in [6.45, 7) is 1.51. The number of esters is 1. The standard InChI is InChI=1S/C20H23NO6S/c1-14(20(23)16-8-11-17(12-9-16)21-28(3,24)25)27-19(22)13-10-15-6-4-5-7-18(15)26-2/h4-9,11-12,14,21H,10,13H2,1-3H3/t14-/m0/s1. The number of hydrogen-bond donors (Lipinski definition) is 1. The number of carbonyl (C=O) groups is 2. The maximum Gasteiger partial charge on any atom is 0.306 e. The molecule has 0 unspecified atom stereocenters. The highest BCUT2D eigenvalue weighted by atomic mass is 32.2. The number of carbonyl (C=O) groups excluding carboxylic acids is 2. The fourth-order valence-corrected chi connectivity index (χ4v) is 3.17. The first-order valence-electron chi connectivity index (χ1n) is 8.63. The lowest BCUT2D eigenvalue weighted by Gasteiger charge is -2.13. The molecule has 0 aliphatic heterocycles. The van der Waals surface area contributed by atoms with Crippen molar-refractivity contribution in [2.45, 2.75) is 25.9 Å². The molecule has 0 amide bonds. The molecule has 150 valence electrons. The Balaban J connectivity index is 1.91. The second-order valence-corrected chi connectivity index (χ2v) is 8.01. The lowest BCUT2D eigenvalue weighted by molar-refractivity contribution is -0.146. The molecule has 0 saturated heterocycles. The van der Waals surface area contributed by atoms with Gasteiger partial charge in [-0.1, -0.05) is 18.2 Å². The third-order valence-corrected chi connectivity index (χ3v) is 4.55. The Labute approximate surface area is 164 Å². The summed E-state index contributed by atoms with van der Waals surface area (Å²) >= 11 is 0. The van der Waals surface area contributed by atoms with Gasteiger partial charge in [0.15, 0.2) is 6.10 Å². The average Bonchev–Trinajstić information content (AvgIpc) is 2.65. The number of ketones is 1. The van der Waals surface area contributed by atoms with Crippen LogP contribution >= 0.6 is 0 Å². The van der Waals surface area contributed by atoms with E-state index in [0.29, 0.717) is 23.4 Å². The zero-order valence-corrected chi connectivity index (χ0v) is 16.8. The maximum atomic E-state index is 12.4. The molecule has 7 nitrogen and oxygen atoms in total. The van der Waals surface area contributed by atoms with Crippen molar-refractivity contribution in [3.63, 3.8) is 0 Å². The van der Waals surface area contributed by atoms with E-state index in [0.717, 1.165) is 11.8 Å². The van der Waals surface area contributed by atoms with Gasteiger partial charge in [-0.05, 0) is 49.2 Å². The van der Waals surface area contributed by atoms with E-state index >= 15 is 0 Å². The van der Waals surface area contributed by atoms with Gasteiger partial charge in [-0.3, -0.25) is 14.3 Å². The molecule has 0 spiro atoms. The number of methoxy groups -OCH3 is 1. The Hall–Kier alpha value is -2.87. The molecule has 2 aromatic carbocycles. The molecule has 1 atom stereocenters. The minimum Gasteiger partial charge on any atom is -0.496 e. The normalized spacial score (nSPS) is 12.1. The molecule has 1 N–H and O–H groups in total. The zero-order chi connectivity index (χ0) is 20.7. The molecule has 0 saturated carbocycles. The van der Waals surface area contributed by atoms with Gasteiger partial charge in [-0.15, -0.1) is 0 Å². The van der Waals surface area contributed by atoms with Crippen molar-refractivity contribution in [3.05, 3.63) is 59.7 Å². The molecule has 0 radical (unpaired) electrons. The van der Waals surface area contributed by atoms with E-state index in [4.69, 9.17) is 9.47 Å². The zero-order valence-electron chi connectivity index (χ0n) is 16.0. The van der Waals surface area contributed by atoms with Crippen molar-refractivity contribution in [1.82, 2.24) is 0 Å². The number of rotatable bonds is 9. The van der Waals surface area contributed by atoms with Crippen molar-refractivity contribution >= 4 is 27.5 Å². The number of hydrogen-bond acceptors (Lipinski definition) is 6. The minimum atomic E-state index is -3.39. The van der Waals surface area contributed by atoms with Gasteiger partial charge in [-0.2, -0.15) is 0 Å². The van der Waals surface area contributed by atoms with Crippen LogP contribution in [0.4, 0.5) is 5.69 Å². The molecule has 28 heavy (non-hydrogen) atoms. The van der Waals surface area contributed by atoms with E-state index in [1.807, 2.05) is 24.3 Å². The summed E-state index contributed by atoms with van der Waals surface area (Å²) in [5.41, 5.74) is 1.56. The van der Waals surface area contributed by atoms with Gasteiger partial charge in [-0.25, -0.2) is 8.42 Å². The van der Waals surface area contributed by atoms with E-state index in [-0.39, 0.29) is 12.2 Å². The predicted molar refractivity (Wildman–Crippen MR) is 106 cm³/mol. The Morgan fingerprint density at radius 1 is 1.07 bits per heavy atom. The number of nitrogens with one attached hydrogen (secondary N) is 1. The lowest BCUT2D eigenvalue weighted by Crippen LogP contribution is -2.24. The van der Waals surface area contributed by atoms with E-state index in [9.17, 15) is 18.0 Å². The Kier molecular flexibility index (Phi) is 7.17. The van der Waals surface area contributed by atoms with E-state index in [2.05, 4.69) is 4.72 Å². The van der Waals surface area contributed by atoms with Gasteiger partial charge in [0.2, 0.25) is 15.8 Å². The number of anilines is 1. The molecule has 0 aliphatic carbocycles. The fraction of sp³-hybridized carbons (Fsp3) is 0.300. The summed E-state index contributed by atoms with van der Waals surface area (Å²) in [6.07, 6.45) is 0.655. The molecule has 0 bridgehead atoms. The van der Waals surface area contributed by atoms with E-state index in [1.165, 1.54) is 31.2 Å². The summed E-state index contributed by atoms with van der Waals surface area (Å²) in [7, 11) is -1.83. The van der Waals surface area contributed by atoms with Crippen LogP contribution in [0.1, 0.15) is 29.3 Å². The highest BCUT2D eigenvalue weighted by Gasteiger charge is 2.20. The van der Waals surface area contributed by atoms with Crippen LogP contribution in [0.15, 0.2) is 48.5 Å². The van der Waals surface area contributed by atoms with E-state index < -0.39 is 22.1 Å². The van der Waals surface area contributed by atoms with Crippen LogP contribution in [0.2, 0.25) is 0 Å². The Bertz CT molecular complexity index is 937. The van der Waals surface area contributed by atoms with Gasteiger partial charge in [0, 0.05) is 17.7 Å². The van der Waals surface area contributed by atoms with Crippen molar-refractivity contribution in [2.75, 3.05) is 18.1 Å². The fourth-order valence-electron chi connectivity index (χ4n) is 2.61. The monoisotopic (exact) mass is 405 g/mol. The van der Waals surface area contributed by atoms with Gasteiger partial charge in [0.25, 0.3) is 0 Å². The molecule has 0 aromatic heterocycles. The molecule has 2 aromatic rings. The van der Waals surface area contributed by atoms with Crippen LogP contribution in [0.5, 0.6) is 5.75 Å². The largest absolute Gasteiger partial charge is 0.496 e. The van der Waals surface area contributed by atoms with Crippen molar-refractivity contribution < 1.29 is 27.5 Å². The Morgan fingerprint density at radius 2 is 1.71 bits per heavy atom. The molecular weight excluding hydrogens is 382 g/mol. The number of para-hydroxylation sites is 1. The second kappa shape index (κ2) is 9.36. The first-order chi connectivity index (χ1) is 13.2. The highest BCUT2D eigenvalue weighted by Crippen LogP contribution is 2.19. The van der Waals surface area contributed by atoms with Gasteiger partial charge in [0.05, 0.1) is 13.4 Å². The topological polar surface area (TPSA) is 98.8 Å². The molecule has 0 fully saturated rings. The van der Waals surface area contributed by atoms with E-state index in [1.54, 1.807) is 7.11 Å². The van der Waals surface area contributed by atoms with Crippen LogP contribution in [0.3, 0.4) is 0 Å². The number of sulfonamides is 1. The minimum absolute atomic E-state index is 0.120. The second-order valence-electron chi connectivity index (χ2n) is 6.26. The number of ether oxygens (including phenoxy) is 2. The number of aryl methyl sites for hydroxylation is 1. The van der Waals surface area contributed by atoms with Gasteiger partial charge < -0.3 is 9.47 Å². The molecule has 8 heteroatoms. The molecular formula is C20H23NO6S. The lowest BCUT2D eigenvalue weighted by atomic mass is 10.1. The summed E-state index contributed by atoms with van der Waals surface area (Å²) in [5.74, 6) is -0.152. The van der Waals surface area contributed by atoms with Gasteiger partial charge >= 0.3 is 5.97 Å². The summed E-state index contributed by atoms with van der Waals surface area (Å²) in [4.78, 5) is 24.5. The van der Waals surface area contributed by atoms with Crippen LogP contribution in [-0.4, -0.2) is 39.6 Å². The molecule has 2 rings (SSSR count). The van der Waals surface area contributed by atoms with Gasteiger partial charge in [0.1, 0.15) is 5.75 Å². The average molecular weight is 405 g/mol. The quantitative estimate of drug-likeness (QED) is 0.509. The van der Waals surface area contributed by atoms with Crippen LogP contribution in [0.25, 0.3) is 0 Å². The first-order valence-corrected chi connectivity index (χ1v) is 10.5. The molecule has 0 heterocycles. The summed E-state index contributed by atoms with van der Waals surface area (Å²) in [6, 6.07) is 13.3. The third kappa shape index (κ3) is 6.38. The van der Waals surface area contributed by atoms with Crippen LogP contribution in [0, 0.1) is 0 Å². The van der Waals surface area contributed by atoms with Crippen LogP contribution in [-0.2, 0) is 26.0 Å². The predicted octanol–water partition coefficient (Wildman–Crippen LogP) is 2.81. The number of Topliss-reactive ketones (excluding diaryl/α,β-unsaturated/α-hetero) is 1. The van der Waals surface area contributed by atoms with Crippen molar-refractivity contribution in [1.29, 1.82) is 0 Å². The highest BCUT2D eigenvalue weighted by molar-refractivity contribution is 7.92.